The Labute approximate surface area is 398 Å². The van der Waals surface area contributed by atoms with Gasteiger partial charge in [-0.3, -0.25) is 0 Å². The molecule has 1 unspecified atom stereocenters. The zero-order valence-corrected chi connectivity index (χ0v) is 37.4. The van der Waals surface area contributed by atoms with Gasteiger partial charge in [-0.15, -0.1) is 0 Å². The lowest BCUT2D eigenvalue weighted by molar-refractivity contribution is 0.488. The summed E-state index contributed by atoms with van der Waals surface area (Å²) in [7, 11) is 0. The van der Waals surface area contributed by atoms with Gasteiger partial charge in [0, 0.05) is 72.3 Å². The average Bonchev–Trinajstić information content (AvgIpc) is 4.00. The summed E-state index contributed by atoms with van der Waals surface area (Å²) in [5, 5.41) is 6.73. The van der Waals surface area contributed by atoms with Crippen molar-refractivity contribution < 1.29 is 13.6 Å². The Morgan fingerprint density at radius 3 is 1.78 bits per heavy atom. The summed E-state index contributed by atoms with van der Waals surface area (Å²) in [6.07, 6.45) is 7.81. The van der Waals surface area contributed by atoms with Crippen molar-refractivity contribution in [1.29, 1.82) is 0 Å². The van der Waals surface area contributed by atoms with Gasteiger partial charge in [0.15, 0.2) is 5.75 Å². The smallest absolute Gasteiger partial charge is 0.159 e. The van der Waals surface area contributed by atoms with E-state index in [-0.39, 0.29) is 5.92 Å². The fourth-order valence-electron chi connectivity index (χ4n) is 10.8. The molecular weight excluding hydrogens is 845 g/mol. The van der Waals surface area contributed by atoms with Crippen LogP contribution in [0.4, 0.5) is 28.4 Å². The highest BCUT2D eigenvalue weighted by atomic mass is 16.5. The van der Waals surface area contributed by atoms with Gasteiger partial charge in [0.2, 0.25) is 0 Å². The van der Waals surface area contributed by atoms with Gasteiger partial charge in [0.05, 0.1) is 11.4 Å². The number of nitrogens with zero attached hydrogens (tertiary/aromatic N) is 2. The maximum absolute atomic E-state index is 7.30. The molecule has 0 fully saturated rings. The summed E-state index contributed by atoms with van der Waals surface area (Å²) >= 11 is 0. The number of allylic oxidation sites excluding steroid dienone is 3. The number of para-hydroxylation sites is 6. The van der Waals surface area contributed by atoms with E-state index in [0.717, 1.165) is 129 Å². The minimum Gasteiger partial charge on any atom is -0.456 e. The molecule has 0 bridgehead atoms. The van der Waals surface area contributed by atoms with Gasteiger partial charge in [0.25, 0.3) is 0 Å². The molecule has 14 rings (SSSR count). The normalized spacial score (nSPS) is 14.0. The van der Waals surface area contributed by atoms with Gasteiger partial charge in [-0.25, -0.2) is 0 Å². The number of hydrogen-bond donors (Lipinski definition) is 0. The fourth-order valence-corrected chi connectivity index (χ4v) is 10.8. The topological polar surface area (TPSA) is 42.0 Å². The molecule has 0 radical (unpaired) electrons. The summed E-state index contributed by atoms with van der Waals surface area (Å²) in [5.41, 5.74) is 15.4. The van der Waals surface area contributed by atoms with Crippen LogP contribution in [0.2, 0.25) is 0 Å². The Hall–Kier alpha value is -9.06. The first-order valence-electron chi connectivity index (χ1n) is 23.6. The monoisotopic (exact) mass is 886 g/mol. The molecule has 3 heterocycles. The molecule has 0 saturated heterocycles. The maximum atomic E-state index is 7.30. The van der Waals surface area contributed by atoms with E-state index in [9.17, 15) is 0 Å². The highest BCUT2D eigenvalue weighted by Crippen LogP contribution is 2.56. The molecule has 1 aliphatic carbocycles. The van der Waals surface area contributed by atoms with E-state index in [1.807, 2.05) is 18.2 Å². The molecule has 2 aromatic heterocycles. The van der Waals surface area contributed by atoms with Crippen molar-refractivity contribution in [3.05, 3.63) is 248 Å². The van der Waals surface area contributed by atoms with Gasteiger partial charge < -0.3 is 23.4 Å². The maximum Gasteiger partial charge on any atom is 0.159 e. The van der Waals surface area contributed by atoms with E-state index in [4.69, 9.17) is 13.6 Å². The van der Waals surface area contributed by atoms with Crippen molar-refractivity contribution in [3.63, 3.8) is 0 Å². The molecule has 5 nitrogen and oxygen atoms in total. The van der Waals surface area contributed by atoms with Crippen molar-refractivity contribution in [3.8, 4) is 33.8 Å². The van der Waals surface area contributed by atoms with Crippen molar-refractivity contribution in [1.82, 2.24) is 0 Å². The molecule has 5 heteroatoms. The third-order valence-electron chi connectivity index (χ3n) is 14.0. The lowest BCUT2D eigenvalue weighted by atomic mass is 9.89. The first-order chi connectivity index (χ1) is 34.2. The van der Waals surface area contributed by atoms with Crippen molar-refractivity contribution >= 4 is 83.1 Å². The molecule has 0 N–H and O–H groups in total. The van der Waals surface area contributed by atoms with Crippen LogP contribution in [0.5, 0.6) is 11.5 Å². The molecule has 12 aromatic rings. The summed E-state index contributed by atoms with van der Waals surface area (Å²) in [4.78, 5) is 4.69. The summed E-state index contributed by atoms with van der Waals surface area (Å²) in [6, 6.07) is 77.0. The van der Waals surface area contributed by atoms with Crippen molar-refractivity contribution in [2.45, 2.75) is 12.3 Å². The molecule has 10 aromatic carbocycles. The lowest BCUT2D eigenvalue weighted by Gasteiger charge is -2.34. The van der Waals surface area contributed by atoms with Crippen molar-refractivity contribution in [2.24, 2.45) is 0 Å². The molecular formula is C64H42N2O3. The van der Waals surface area contributed by atoms with Gasteiger partial charge >= 0.3 is 0 Å². The lowest BCUT2D eigenvalue weighted by Crippen LogP contribution is -2.19. The second-order valence-corrected chi connectivity index (χ2v) is 17.9. The van der Waals surface area contributed by atoms with Crippen LogP contribution in [-0.4, -0.2) is 0 Å². The highest BCUT2D eigenvalue weighted by molar-refractivity contribution is 6.12. The Morgan fingerprint density at radius 2 is 1.04 bits per heavy atom. The van der Waals surface area contributed by atoms with E-state index in [2.05, 4.69) is 228 Å². The second-order valence-electron chi connectivity index (χ2n) is 17.9. The van der Waals surface area contributed by atoms with Gasteiger partial charge in [0.1, 0.15) is 28.1 Å². The van der Waals surface area contributed by atoms with E-state index in [0.29, 0.717) is 0 Å². The van der Waals surface area contributed by atoms with E-state index in [1.54, 1.807) is 0 Å². The summed E-state index contributed by atoms with van der Waals surface area (Å²) in [5.74, 6) is 1.79. The van der Waals surface area contributed by atoms with E-state index in [1.165, 1.54) is 5.56 Å². The quantitative estimate of drug-likeness (QED) is 0.152. The number of fused-ring (bicyclic) bond motifs is 8. The predicted molar refractivity (Wildman–Crippen MR) is 284 cm³/mol. The van der Waals surface area contributed by atoms with Crippen LogP contribution in [-0.2, 0) is 0 Å². The van der Waals surface area contributed by atoms with Gasteiger partial charge in [-0.1, -0.05) is 164 Å². The largest absolute Gasteiger partial charge is 0.456 e. The minimum atomic E-state index is 0.164. The van der Waals surface area contributed by atoms with Crippen LogP contribution in [0.3, 0.4) is 0 Å². The molecule has 0 saturated carbocycles. The zero-order chi connectivity index (χ0) is 45.4. The van der Waals surface area contributed by atoms with Crippen LogP contribution in [0, 0.1) is 0 Å². The number of ether oxygens (including phenoxy) is 1. The number of rotatable bonds is 8. The molecule has 326 valence electrons. The standard InChI is InChI=1S/C64H42N2O3/c1-3-16-44(17-4-1)65(46-36-31-41(32-37-46)48-22-12-24-52-50-20-7-9-28-57(50)67-62(48)52)55-27-14-30-59-61(55)54-26-11-15-43-35-40-56(64(69-59)60(43)54)66(45-18-5-2-6-19-45)47-38-33-42(34-39-47)49-23-13-25-53-51-21-8-10-29-58(51)68-63(49)53/h1-31,33-41H,32H2. The first kappa shape index (κ1) is 39.1. The molecule has 2 aliphatic rings. The SMILES string of the molecule is C1=CC(c2cccc3c2oc2ccccc23)CC=C1N(c1ccccc1)c1cccc2c1-c1cccc3ccc(N(c4ccccc4)c4ccc(-c5cccc6c5oc5ccccc56)cc4)c(c13)O2. The van der Waals surface area contributed by atoms with Crippen LogP contribution in [0.1, 0.15) is 17.9 Å². The summed E-state index contributed by atoms with van der Waals surface area (Å²) in [6.45, 7) is 0. The Morgan fingerprint density at radius 1 is 0.435 bits per heavy atom. The first-order valence-corrected chi connectivity index (χ1v) is 23.6. The minimum absolute atomic E-state index is 0.164. The molecule has 69 heavy (non-hydrogen) atoms. The van der Waals surface area contributed by atoms with Crippen LogP contribution in [0.15, 0.2) is 251 Å². The summed E-state index contributed by atoms with van der Waals surface area (Å²) < 4.78 is 20.3. The highest BCUT2D eigenvalue weighted by Gasteiger charge is 2.31. The number of hydrogen-bond acceptors (Lipinski definition) is 5. The molecule has 1 aliphatic heterocycles. The van der Waals surface area contributed by atoms with Crippen LogP contribution in [0.25, 0.3) is 76.9 Å². The molecule has 0 spiro atoms. The number of furan rings is 2. The van der Waals surface area contributed by atoms with Crippen LogP contribution < -0.4 is 14.5 Å². The van der Waals surface area contributed by atoms with Crippen molar-refractivity contribution in [2.75, 3.05) is 9.80 Å². The molecule has 0 amide bonds. The third-order valence-corrected chi connectivity index (χ3v) is 14.0. The predicted octanol–water partition coefficient (Wildman–Crippen LogP) is 18.3. The van der Waals surface area contributed by atoms with Gasteiger partial charge in [-0.05, 0) is 95.7 Å². The van der Waals surface area contributed by atoms with E-state index < -0.39 is 0 Å². The van der Waals surface area contributed by atoms with E-state index >= 15 is 0 Å². The fraction of sp³-hybridized carbons (Fsp3) is 0.0312. The third kappa shape index (κ3) is 6.32. The van der Waals surface area contributed by atoms with Gasteiger partial charge in [-0.2, -0.15) is 0 Å². The number of anilines is 5. The second kappa shape index (κ2) is 15.8. The Bertz CT molecular complexity index is 4030. The Balaban J connectivity index is 0.874. The Kier molecular flexibility index (Phi) is 8.96. The number of benzene rings is 10. The zero-order valence-electron chi connectivity index (χ0n) is 37.4. The molecule has 1 atom stereocenters. The van der Waals surface area contributed by atoms with Crippen LogP contribution >= 0.6 is 0 Å². The average molecular weight is 887 g/mol.